The molecule has 1 aliphatic rings. The van der Waals surface area contributed by atoms with Crippen molar-refractivity contribution in [2.75, 3.05) is 13.7 Å². The molecule has 5 nitrogen and oxygen atoms in total. The molecule has 0 saturated carbocycles. The first-order valence-electron chi connectivity index (χ1n) is 9.91. The first-order chi connectivity index (χ1) is 14.0. The molecule has 1 aromatic rings. The fourth-order valence-electron chi connectivity index (χ4n) is 2.53. The second kappa shape index (κ2) is 7.93. The summed E-state index contributed by atoms with van der Waals surface area (Å²) in [6.07, 6.45) is 0. The molecular formula is C18H19Cl2NO4. The standard InChI is InChI=1S/C18H19Cl2NO4/c1-5-25-18(23)14-10(3)21-9(2)13(17(22)24-4)15(14)11-7-6-8-12(19)16(11)20/h6-8,15,21H,5H2,1-4H3/i2D3,3D/hD. The van der Waals surface area contributed by atoms with Crippen LogP contribution in [0.2, 0.25) is 11.5 Å². The topological polar surface area (TPSA) is 64.6 Å². The van der Waals surface area contributed by atoms with Crippen molar-refractivity contribution in [3.05, 3.63) is 56.3 Å². The maximum Gasteiger partial charge on any atom is 0.336 e. The van der Waals surface area contributed by atoms with Crippen LogP contribution in [0.1, 0.15) is 37.6 Å². The van der Waals surface area contributed by atoms with Crippen molar-refractivity contribution >= 4 is 35.1 Å². The number of ether oxygens (including phenoxy) is 2. The van der Waals surface area contributed by atoms with E-state index < -0.39 is 42.9 Å². The molecule has 0 radical (unpaired) electrons. The highest BCUT2D eigenvalue weighted by Gasteiger charge is 2.38. The van der Waals surface area contributed by atoms with E-state index in [0.717, 1.165) is 7.11 Å². The molecule has 0 amide bonds. The van der Waals surface area contributed by atoms with Gasteiger partial charge < -0.3 is 14.8 Å². The number of dihydropyridines is 1. The molecule has 134 valence electrons. The van der Waals surface area contributed by atoms with Crippen molar-refractivity contribution in [3.63, 3.8) is 0 Å². The summed E-state index contributed by atoms with van der Waals surface area (Å²) in [7, 11) is 1.05. The van der Waals surface area contributed by atoms with Gasteiger partial charge in [0.25, 0.3) is 0 Å². The number of nitrogens with one attached hydrogen (secondary N) is 1. The third-order valence-electron chi connectivity index (χ3n) is 3.58. The summed E-state index contributed by atoms with van der Waals surface area (Å²) in [4.78, 5) is 25.6. The molecule has 1 unspecified atom stereocenters. The highest BCUT2D eigenvalue weighted by atomic mass is 35.5. The fourth-order valence-corrected chi connectivity index (χ4v) is 2.94. The van der Waals surface area contributed by atoms with Crippen LogP contribution in [0, 0.1) is 0 Å². The molecule has 1 aromatic carbocycles. The maximum atomic E-state index is 12.8. The average molecular weight is 389 g/mol. The van der Waals surface area contributed by atoms with Crippen LogP contribution < -0.4 is 5.31 Å². The molecule has 0 fully saturated rings. The molecule has 0 spiro atoms. The Labute approximate surface area is 163 Å². The van der Waals surface area contributed by atoms with Crippen LogP contribution in [0.15, 0.2) is 40.7 Å². The predicted octanol–water partition coefficient (Wildman–Crippen LogP) is 3.96. The lowest BCUT2D eigenvalue weighted by Crippen LogP contribution is -2.32. The van der Waals surface area contributed by atoms with Gasteiger partial charge in [-0.25, -0.2) is 9.59 Å². The minimum Gasteiger partial charge on any atom is -0.466 e. The lowest BCUT2D eigenvalue weighted by atomic mass is 9.80. The number of halogens is 2. The van der Waals surface area contributed by atoms with E-state index in [0.29, 0.717) is 5.31 Å². The number of rotatable bonds is 4. The zero-order valence-corrected chi connectivity index (χ0v) is 15.1. The number of carbonyl (C=O) groups excluding carboxylic acids is 2. The van der Waals surface area contributed by atoms with Gasteiger partial charge in [-0.2, -0.15) is 0 Å². The fraction of sp³-hybridized carbons (Fsp3) is 0.333. The minimum absolute atomic E-state index is 0.0139. The molecule has 0 aromatic heterocycles. The second-order valence-electron chi connectivity index (χ2n) is 5.02. The molecule has 1 N–H and O–H groups in total. The quantitative estimate of drug-likeness (QED) is 0.790. The highest BCUT2D eigenvalue weighted by Crippen LogP contribution is 2.43. The largest absolute Gasteiger partial charge is 0.466 e. The summed E-state index contributed by atoms with van der Waals surface area (Å²) in [5, 5.41) is 0.505. The highest BCUT2D eigenvalue weighted by molar-refractivity contribution is 6.42. The molecule has 1 aliphatic heterocycles. The predicted molar refractivity (Wildman–Crippen MR) is 96.4 cm³/mol. The number of carbonyl (C=O) groups is 2. The van der Waals surface area contributed by atoms with E-state index in [1.165, 1.54) is 18.2 Å². The van der Waals surface area contributed by atoms with Gasteiger partial charge in [0.05, 0.1) is 40.8 Å². The van der Waals surface area contributed by atoms with Gasteiger partial charge in [-0.3, -0.25) is 0 Å². The maximum absolute atomic E-state index is 12.8. The summed E-state index contributed by atoms with van der Waals surface area (Å²) < 4.78 is 49.6. The van der Waals surface area contributed by atoms with Gasteiger partial charge >= 0.3 is 11.9 Å². The molecule has 7 heteroatoms. The Morgan fingerprint density at radius 1 is 1.28 bits per heavy atom. The van der Waals surface area contributed by atoms with Crippen molar-refractivity contribution < 1.29 is 26.0 Å². The number of methoxy groups -OCH3 is 1. The first-order valence-corrected chi connectivity index (χ1v) is 8.02. The van der Waals surface area contributed by atoms with Crippen molar-refractivity contribution in [2.45, 2.75) is 26.6 Å². The average Bonchev–Trinajstić information content (AvgIpc) is 2.67. The Morgan fingerprint density at radius 2 is 2.00 bits per heavy atom. The van der Waals surface area contributed by atoms with Crippen LogP contribution in [-0.4, -0.2) is 25.7 Å². The Kier molecular flexibility index (Phi) is 4.21. The summed E-state index contributed by atoms with van der Waals surface area (Å²) in [6.45, 7) is -2.02. The van der Waals surface area contributed by atoms with Gasteiger partial charge in [-0.1, -0.05) is 35.3 Å². The zero-order chi connectivity index (χ0) is 22.8. The lowest BCUT2D eigenvalue weighted by Gasteiger charge is -2.30. The number of allylic oxidation sites excluding steroid dienone is 2. The van der Waals surface area contributed by atoms with Crippen molar-refractivity contribution in [1.82, 2.24) is 5.31 Å². The molecule has 0 bridgehead atoms. The molecule has 2 rings (SSSR count). The summed E-state index contributed by atoms with van der Waals surface area (Å²) in [5.41, 5.74) is -1.52. The molecule has 1 heterocycles. The molecule has 0 aliphatic carbocycles. The van der Waals surface area contributed by atoms with Crippen LogP contribution in [0.4, 0.5) is 0 Å². The summed E-state index contributed by atoms with van der Waals surface area (Å²) >= 11 is 12.5. The molecule has 1 atom stereocenters. The van der Waals surface area contributed by atoms with Gasteiger partial charge in [-0.15, -0.1) is 0 Å². The van der Waals surface area contributed by atoms with Gasteiger partial charge in [0.1, 0.15) is 0 Å². The summed E-state index contributed by atoms with van der Waals surface area (Å²) in [6, 6.07) is 4.47. The first kappa shape index (κ1) is 13.3. The monoisotopic (exact) mass is 388 g/mol. The van der Waals surface area contributed by atoms with Crippen LogP contribution in [-0.2, 0) is 19.1 Å². The molecule has 25 heavy (non-hydrogen) atoms. The number of esters is 2. The Bertz CT molecular complexity index is 930. The Morgan fingerprint density at radius 3 is 2.60 bits per heavy atom. The van der Waals surface area contributed by atoms with Crippen LogP contribution >= 0.6 is 23.2 Å². The normalized spacial score (nSPS) is 21.0. The van der Waals surface area contributed by atoms with Crippen LogP contribution in [0.5, 0.6) is 0 Å². The van der Waals surface area contributed by atoms with Crippen molar-refractivity contribution in [1.29, 1.82) is 0 Å². The third-order valence-corrected chi connectivity index (χ3v) is 4.42. The second-order valence-corrected chi connectivity index (χ2v) is 5.81. The van der Waals surface area contributed by atoms with Crippen molar-refractivity contribution in [3.8, 4) is 0 Å². The lowest BCUT2D eigenvalue weighted by molar-refractivity contribution is -0.139. The van der Waals surface area contributed by atoms with Crippen LogP contribution in [0.25, 0.3) is 0 Å². The van der Waals surface area contributed by atoms with E-state index >= 15 is 0 Å². The Balaban J connectivity index is 3.01. The van der Waals surface area contributed by atoms with E-state index in [1.807, 2.05) is 0 Å². The van der Waals surface area contributed by atoms with E-state index in [9.17, 15) is 9.59 Å². The third kappa shape index (κ3) is 3.67. The van der Waals surface area contributed by atoms with Crippen LogP contribution in [0.3, 0.4) is 0 Å². The van der Waals surface area contributed by atoms with E-state index in [-0.39, 0.29) is 33.5 Å². The number of hydrogen-bond acceptors (Lipinski definition) is 5. The van der Waals surface area contributed by atoms with E-state index in [2.05, 4.69) is 0 Å². The number of benzene rings is 1. The van der Waals surface area contributed by atoms with Gasteiger partial charge in [-0.05, 0) is 32.3 Å². The SMILES string of the molecule is [2H]CC1=C(C(=O)OCC)C(c2cccc(Cl)c2Cl)C(C(=O)OC)=C(C([2H])([2H])[2H])N1[2H]. The van der Waals surface area contributed by atoms with Crippen molar-refractivity contribution in [2.24, 2.45) is 0 Å². The molecule has 0 saturated heterocycles. The van der Waals surface area contributed by atoms with Gasteiger partial charge in [0.15, 0.2) is 1.41 Å². The zero-order valence-electron chi connectivity index (χ0n) is 18.6. The van der Waals surface area contributed by atoms with E-state index in [4.69, 9.17) is 39.6 Å². The molecular weight excluding hydrogens is 365 g/mol. The summed E-state index contributed by atoms with van der Waals surface area (Å²) in [5.74, 6) is -3.34. The minimum atomic E-state index is -2.94. The number of hydrogen-bond donors (Lipinski definition) is 1. The van der Waals surface area contributed by atoms with Gasteiger partial charge in [0, 0.05) is 16.9 Å². The Hall–Kier alpha value is -1.98. The van der Waals surface area contributed by atoms with E-state index in [1.54, 1.807) is 6.92 Å². The van der Waals surface area contributed by atoms with Gasteiger partial charge in [0.2, 0.25) is 0 Å². The smallest absolute Gasteiger partial charge is 0.336 e.